The first-order chi connectivity index (χ1) is 17.5. The lowest BCUT2D eigenvalue weighted by Gasteiger charge is -2.29. The molecule has 3 rings (SSSR count). The fourth-order valence-corrected chi connectivity index (χ4v) is 4.19. The quantitative estimate of drug-likeness (QED) is 0.300. The molecule has 192 valence electrons. The van der Waals surface area contributed by atoms with Crippen molar-refractivity contribution in [1.82, 2.24) is 14.4 Å². The smallest absolute Gasteiger partial charge is 0.242 e. The summed E-state index contributed by atoms with van der Waals surface area (Å²) in [5, 5.41) is 0. The van der Waals surface area contributed by atoms with Gasteiger partial charge in [-0.3, -0.25) is 9.59 Å². The number of methoxy groups -OCH3 is 1. The normalized spacial score (nSPS) is 11.0. The van der Waals surface area contributed by atoms with Crippen molar-refractivity contribution in [1.29, 1.82) is 0 Å². The zero-order valence-electron chi connectivity index (χ0n) is 21.8. The van der Waals surface area contributed by atoms with Gasteiger partial charge in [-0.1, -0.05) is 74.5 Å². The van der Waals surface area contributed by atoms with Crippen LogP contribution in [-0.2, 0) is 34.0 Å². The summed E-state index contributed by atoms with van der Waals surface area (Å²) in [5.74, 6) is 0.196. The van der Waals surface area contributed by atoms with Crippen LogP contribution in [0, 0.1) is 5.92 Å². The van der Waals surface area contributed by atoms with Crippen LogP contribution in [0.25, 0.3) is 0 Å². The van der Waals surface area contributed by atoms with Gasteiger partial charge in [0.15, 0.2) is 0 Å². The highest BCUT2D eigenvalue weighted by Gasteiger charge is 2.23. The maximum atomic E-state index is 13.7. The molecule has 6 nitrogen and oxygen atoms in total. The molecule has 0 saturated heterocycles. The Hall–Kier alpha value is -3.38. The molecule has 2 amide bonds. The van der Waals surface area contributed by atoms with Gasteiger partial charge in [0.2, 0.25) is 11.8 Å². The Morgan fingerprint density at radius 2 is 1.50 bits per heavy atom. The molecule has 0 fully saturated rings. The standard InChI is InChI=1S/C30H39N3O3/c1-25(2)20-29(34)32(18-11-19-36-3)24-30(35)33(22-27-14-8-5-9-15-27)23-28-16-10-17-31(28)21-26-12-6-4-7-13-26/h4-10,12-17,25H,11,18-24H2,1-3H3. The predicted molar refractivity (Wildman–Crippen MR) is 143 cm³/mol. The van der Waals surface area contributed by atoms with Crippen LogP contribution in [0.1, 0.15) is 43.5 Å². The van der Waals surface area contributed by atoms with Gasteiger partial charge in [-0.25, -0.2) is 0 Å². The molecular weight excluding hydrogens is 450 g/mol. The monoisotopic (exact) mass is 489 g/mol. The Bertz CT molecular complexity index is 1060. The summed E-state index contributed by atoms with van der Waals surface area (Å²) >= 11 is 0. The van der Waals surface area contributed by atoms with Crippen molar-refractivity contribution in [3.8, 4) is 0 Å². The molecule has 0 atom stereocenters. The van der Waals surface area contributed by atoms with Crippen LogP contribution in [0.4, 0.5) is 0 Å². The molecule has 0 saturated carbocycles. The molecule has 0 aliphatic carbocycles. The zero-order valence-corrected chi connectivity index (χ0v) is 21.8. The second-order valence-electron chi connectivity index (χ2n) is 9.61. The third-order valence-corrected chi connectivity index (χ3v) is 6.08. The first-order valence-corrected chi connectivity index (χ1v) is 12.7. The molecule has 1 heterocycles. The number of aromatic nitrogens is 1. The summed E-state index contributed by atoms with van der Waals surface area (Å²) in [4.78, 5) is 30.2. The third kappa shape index (κ3) is 8.68. The molecule has 0 radical (unpaired) electrons. The van der Waals surface area contributed by atoms with E-state index in [9.17, 15) is 9.59 Å². The van der Waals surface area contributed by atoms with E-state index in [1.807, 2.05) is 73.3 Å². The Labute approximate surface area is 215 Å². The van der Waals surface area contributed by atoms with E-state index in [1.54, 1.807) is 12.0 Å². The molecule has 0 N–H and O–H groups in total. The fraction of sp³-hybridized carbons (Fsp3) is 0.400. The summed E-state index contributed by atoms with van der Waals surface area (Å²) in [6.07, 6.45) is 3.18. The first-order valence-electron chi connectivity index (χ1n) is 12.7. The lowest BCUT2D eigenvalue weighted by molar-refractivity contribution is -0.141. The Kier molecular flexibility index (Phi) is 10.8. The van der Waals surface area contributed by atoms with Crippen LogP contribution in [0.3, 0.4) is 0 Å². The highest BCUT2D eigenvalue weighted by Crippen LogP contribution is 2.15. The van der Waals surface area contributed by atoms with E-state index >= 15 is 0 Å². The van der Waals surface area contributed by atoms with Gasteiger partial charge in [0, 0.05) is 51.7 Å². The summed E-state index contributed by atoms with van der Waals surface area (Å²) in [7, 11) is 1.65. The maximum Gasteiger partial charge on any atom is 0.242 e. The molecule has 0 unspecified atom stereocenters. The predicted octanol–water partition coefficient (Wildman–Crippen LogP) is 4.98. The van der Waals surface area contributed by atoms with E-state index < -0.39 is 0 Å². The molecule has 6 heteroatoms. The van der Waals surface area contributed by atoms with Crippen molar-refractivity contribution in [2.75, 3.05) is 26.8 Å². The van der Waals surface area contributed by atoms with Crippen molar-refractivity contribution in [3.05, 3.63) is 95.8 Å². The number of amides is 2. The maximum absolute atomic E-state index is 13.7. The average Bonchev–Trinajstić information content (AvgIpc) is 3.30. The van der Waals surface area contributed by atoms with Gasteiger partial charge in [-0.2, -0.15) is 0 Å². The molecule has 3 aromatic rings. The lowest BCUT2D eigenvalue weighted by atomic mass is 10.1. The number of carbonyl (C=O) groups excluding carboxylic acids is 2. The Morgan fingerprint density at radius 3 is 2.14 bits per heavy atom. The molecule has 0 spiro atoms. The van der Waals surface area contributed by atoms with Gasteiger partial charge in [-0.15, -0.1) is 0 Å². The summed E-state index contributed by atoms with van der Waals surface area (Å²) < 4.78 is 7.36. The molecule has 36 heavy (non-hydrogen) atoms. The highest BCUT2D eigenvalue weighted by atomic mass is 16.5. The van der Waals surface area contributed by atoms with Crippen molar-refractivity contribution in [2.24, 2.45) is 5.92 Å². The van der Waals surface area contributed by atoms with Crippen molar-refractivity contribution < 1.29 is 14.3 Å². The molecule has 0 bridgehead atoms. The van der Waals surface area contributed by atoms with Gasteiger partial charge in [0.25, 0.3) is 0 Å². The molecule has 2 aromatic carbocycles. The van der Waals surface area contributed by atoms with E-state index in [2.05, 4.69) is 29.0 Å². The fourth-order valence-electron chi connectivity index (χ4n) is 4.19. The van der Waals surface area contributed by atoms with Gasteiger partial charge >= 0.3 is 0 Å². The van der Waals surface area contributed by atoms with Crippen molar-refractivity contribution >= 4 is 11.8 Å². The van der Waals surface area contributed by atoms with Gasteiger partial charge in [0.1, 0.15) is 0 Å². The van der Waals surface area contributed by atoms with E-state index in [0.29, 0.717) is 39.1 Å². The van der Waals surface area contributed by atoms with Crippen molar-refractivity contribution in [2.45, 2.75) is 46.3 Å². The molecule has 1 aromatic heterocycles. The lowest BCUT2D eigenvalue weighted by Crippen LogP contribution is -2.43. The van der Waals surface area contributed by atoms with Gasteiger partial charge < -0.3 is 19.1 Å². The first kappa shape index (κ1) is 27.2. The number of hydrogen-bond donors (Lipinski definition) is 0. The van der Waals surface area contributed by atoms with E-state index in [-0.39, 0.29) is 24.3 Å². The minimum absolute atomic E-state index is 0.0153. The van der Waals surface area contributed by atoms with Crippen LogP contribution in [0.5, 0.6) is 0 Å². The van der Waals surface area contributed by atoms with Gasteiger partial charge in [-0.05, 0) is 35.6 Å². The van der Waals surface area contributed by atoms with Crippen LogP contribution in [-0.4, -0.2) is 53.0 Å². The number of ether oxygens (including phenoxy) is 1. The molecule has 0 aliphatic rings. The number of carbonyl (C=O) groups is 2. The van der Waals surface area contributed by atoms with Crippen LogP contribution < -0.4 is 0 Å². The molecule has 0 aliphatic heterocycles. The summed E-state index contributed by atoms with van der Waals surface area (Å²) in [6, 6.07) is 24.4. The topological polar surface area (TPSA) is 54.8 Å². The van der Waals surface area contributed by atoms with Gasteiger partial charge in [0.05, 0.1) is 13.1 Å². The second-order valence-corrected chi connectivity index (χ2v) is 9.61. The summed E-state index contributed by atoms with van der Waals surface area (Å²) in [5.41, 5.74) is 3.33. The van der Waals surface area contributed by atoms with E-state index in [1.165, 1.54) is 5.56 Å². The van der Waals surface area contributed by atoms with Crippen LogP contribution in [0.2, 0.25) is 0 Å². The minimum Gasteiger partial charge on any atom is -0.385 e. The number of nitrogens with zero attached hydrogens (tertiary/aromatic N) is 3. The van der Waals surface area contributed by atoms with E-state index in [4.69, 9.17) is 4.74 Å². The number of rotatable bonds is 14. The van der Waals surface area contributed by atoms with E-state index in [0.717, 1.165) is 17.8 Å². The Morgan fingerprint density at radius 1 is 0.833 bits per heavy atom. The highest BCUT2D eigenvalue weighted by molar-refractivity contribution is 5.85. The number of benzene rings is 2. The van der Waals surface area contributed by atoms with Crippen LogP contribution >= 0.6 is 0 Å². The number of hydrogen-bond acceptors (Lipinski definition) is 3. The SMILES string of the molecule is COCCCN(CC(=O)N(Cc1ccccc1)Cc1cccn1Cc1ccccc1)C(=O)CC(C)C. The second kappa shape index (κ2) is 14.2. The average molecular weight is 490 g/mol. The largest absolute Gasteiger partial charge is 0.385 e. The van der Waals surface area contributed by atoms with Crippen LogP contribution in [0.15, 0.2) is 79.0 Å². The summed E-state index contributed by atoms with van der Waals surface area (Å²) in [6.45, 7) is 6.88. The third-order valence-electron chi connectivity index (χ3n) is 6.08. The van der Waals surface area contributed by atoms with Crippen molar-refractivity contribution in [3.63, 3.8) is 0 Å². The Balaban J connectivity index is 1.79. The zero-order chi connectivity index (χ0) is 25.8. The molecular formula is C30H39N3O3. The minimum atomic E-state index is -0.0548.